The molecule has 0 atom stereocenters. The van der Waals surface area contributed by atoms with Gasteiger partial charge in [0.1, 0.15) is 11.5 Å². The van der Waals surface area contributed by atoms with Gasteiger partial charge in [0.2, 0.25) is 0 Å². The van der Waals surface area contributed by atoms with Crippen LogP contribution in [0.1, 0.15) is 0 Å². The predicted molar refractivity (Wildman–Crippen MR) is 76.7 cm³/mol. The molecule has 2 aromatic rings. The lowest BCUT2D eigenvalue weighted by molar-refractivity contribution is 0.414. The normalized spacial score (nSPS) is 12.6. The second-order valence-corrected chi connectivity index (χ2v) is 6.10. The molecule has 2 nitrogen and oxygen atoms in total. The van der Waals surface area contributed by atoms with Gasteiger partial charge in [-0.25, -0.2) is 0 Å². The highest BCUT2D eigenvalue weighted by Crippen LogP contribution is 2.52. The summed E-state index contributed by atoms with van der Waals surface area (Å²) in [6, 6.07) is 12.4. The van der Waals surface area contributed by atoms with E-state index in [0.29, 0.717) is 0 Å². The van der Waals surface area contributed by atoms with Crippen LogP contribution in [0, 0.1) is 0 Å². The molecule has 0 unspecified atom stereocenters. The average Bonchev–Trinajstić information content (AvgIpc) is 2.45. The van der Waals surface area contributed by atoms with Crippen LogP contribution >= 0.6 is 21.6 Å². The van der Waals surface area contributed by atoms with Gasteiger partial charge in [-0.3, -0.25) is 0 Å². The Hall–Kier alpha value is -1.26. The van der Waals surface area contributed by atoms with E-state index in [2.05, 4.69) is 24.3 Å². The molecule has 3 rings (SSSR count). The highest BCUT2D eigenvalue weighted by Gasteiger charge is 2.18. The summed E-state index contributed by atoms with van der Waals surface area (Å²) in [4.78, 5) is 2.53. The van der Waals surface area contributed by atoms with Crippen LogP contribution in [0.15, 0.2) is 46.2 Å². The fourth-order valence-electron chi connectivity index (χ4n) is 1.93. The van der Waals surface area contributed by atoms with E-state index in [0.717, 1.165) is 11.5 Å². The van der Waals surface area contributed by atoms with E-state index >= 15 is 0 Å². The molecule has 2 aromatic carbocycles. The van der Waals surface area contributed by atoms with Gasteiger partial charge in [0.15, 0.2) is 0 Å². The molecule has 0 aliphatic carbocycles. The monoisotopic (exact) mass is 276 g/mol. The zero-order valence-corrected chi connectivity index (χ0v) is 11.7. The molecule has 4 heteroatoms. The van der Waals surface area contributed by atoms with E-state index in [4.69, 9.17) is 9.47 Å². The first-order valence-electron chi connectivity index (χ1n) is 5.53. The maximum atomic E-state index is 5.30. The quantitative estimate of drug-likeness (QED) is 0.752. The fraction of sp³-hybridized carbons (Fsp3) is 0.143. The SMILES string of the molecule is COc1ccc2c(c1)-c1cc(OC)ccc1SS2. The van der Waals surface area contributed by atoms with Crippen molar-refractivity contribution in [1.29, 1.82) is 0 Å². The van der Waals surface area contributed by atoms with Crippen molar-refractivity contribution < 1.29 is 9.47 Å². The van der Waals surface area contributed by atoms with Crippen molar-refractivity contribution in [2.24, 2.45) is 0 Å². The van der Waals surface area contributed by atoms with Crippen LogP contribution in [0.25, 0.3) is 11.1 Å². The summed E-state index contributed by atoms with van der Waals surface area (Å²) in [5.74, 6) is 1.77. The molecule has 1 aliphatic heterocycles. The van der Waals surface area contributed by atoms with E-state index in [9.17, 15) is 0 Å². The molecule has 1 heterocycles. The maximum Gasteiger partial charge on any atom is 0.119 e. The average molecular weight is 276 g/mol. The summed E-state index contributed by atoms with van der Waals surface area (Å²) in [5.41, 5.74) is 2.43. The summed E-state index contributed by atoms with van der Waals surface area (Å²) in [6.45, 7) is 0. The van der Waals surface area contributed by atoms with Crippen LogP contribution in [0.2, 0.25) is 0 Å². The van der Waals surface area contributed by atoms with Gasteiger partial charge in [0.25, 0.3) is 0 Å². The van der Waals surface area contributed by atoms with Crippen molar-refractivity contribution in [2.75, 3.05) is 14.2 Å². The van der Waals surface area contributed by atoms with Gasteiger partial charge in [0.05, 0.1) is 14.2 Å². The number of ether oxygens (including phenoxy) is 2. The Morgan fingerprint density at radius 3 is 1.56 bits per heavy atom. The van der Waals surface area contributed by atoms with Gasteiger partial charge in [-0.05, 0) is 36.4 Å². The lowest BCUT2D eigenvalue weighted by Crippen LogP contribution is -1.93. The lowest BCUT2D eigenvalue weighted by atomic mass is 10.0. The zero-order valence-electron chi connectivity index (χ0n) is 10.1. The Morgan fingerprint density at radius 1 is 0.722 bits per heavy atom. The van der Waals surface area contributed by atoms with Gasteiger partial charge in [-0.2, -0.15) is 0 Å². The molecule has 0 bridgehead atoms. The number of benzene rings is 2. The molecule has 0 aromatic heterocycles. The smallest absolute Gasteiger partial charge is 0.119 e. The van der Waals surface area contributed by atoms with Crippen molar-refractivity contribution in [3.63, 3.8) is 0 Å². The van der Waals surface area contributed by atoms with Gasteiger partial charge in [0, 0.05) is 20.9 Å². The van der Waals surface area contributed by atoms with E-state index in [-0.39, 0.29) is 0 Å². The Bertz CT molecular complexity index is 543. The zero-order chi connectivity index (χ0) is 12.5. The maximum absolute atomic E-state index is 5.30. The van der Waals surface area contributed by atoms with Crippen LogP contribution in [-0.2, 0) is 0 Å². The van der Waals surface area contributed by atoms with Crippen LogP contribution < -0.4 is 9.47 Å². The standard InChI is InChI=1S/C14H12O2S2/c1-15-9-3-5-13-11(7-9)12-8-10(16-2)4-6-14(12)18-17-13/h3-8H,1-2H3. The van der Waals surface area contributed by atoms with E-state index in [1.165, 1.54) is 20.9 Å². The number of fused-ring (bicyclic) bond motifs is 3. The minimum Gasteiger partial charge on any atom is -0.497 e. The third kappa shape index (κ3) is 1.95. The predicted octanol–water partition coefficient (Wildman–Crippen LogP) is 4.48. The molecular weight excluding hydrogens is 264 g/mol. The largest absolute Gasteiger partial charge is 0.497 e. The third-order valence-electron chi connectivity index (χ3n) is 2.88. The van der Waals surface area contributed by atoms with Crippen molar-refractivity contribution in [3.8, 4) is 22.6 Å². The third-order valence-corrected chi connectivity index (χ3v) is 5.37. The van der Waals surface area contributed by atoms with Crippen molar-refractivity contribution >= 4 is 21.6 Å². The number of hydrogen-bond donors (Lipinski definition) is 0. The number of methoxy groups -OCH3 is 2. The summed E-state index contributed by atoms with van der Waals surface area (Å²) in [5, 5.41) is 0. The molecule has 92 valence electrons. The van der Waals surface area contributed by atoms with Gasteiger partial charge >= 0.3 is 0 Å². The lowest BCUT2D eigenvalue weighted by Gasteiger charge is -2.19. The molecule has 0 N–H and O–H groups in total. The van der Waals surface area contributed by atoms with Crippen LogP contribution in [-0.4, -0.2) is 14.2 Å². The topological polar surface area (TPSA) is 18.5 Å². The van der Waals surface area contributed by atoms with Gasteiger partial charge < -0.3 is 9.47 Å². The summed E-state index contributed by atoms with van der Waals surface area (Å²) in [6.07, 6.45) is 0. The summed E-state index contributed by atoms with van der Waals surface area (Å²) >= 11 is 0. The summed E-state index contributed by atoms with van der Waals surface area (Å²) < 4.78 is 10.6. The fourth-order valence-corrected chi connectivity index (χ4v) is 4.28. The Morgan fingerprint density at radius 2 is 1.17 bits per heavy atom. The molecule has 0 amide bonds. The molecule has 0 radical (unpaired) electrons. The second kappa shape index (κ2) is 4.78. The molecule has 0 saturated carbocycles. The molecule has 0 fully saturated rings. The first-order chi connectivity index (χ1) is 8.81. The molecule has 18 heavy (non-hydrogen) atoms. The van der Waals surface area contributed by atoms with Gasteiger partial charge in [-0.1, -0.05) is 21.6 Å². The molecular formula is C14H12O2S2. The number of rotatable bonds is 2. The Balaban J connectivity index is 2.18. The number of hydrogen-bond acceptors (Lipinski definition) is 4. The molecule has 0 spiro atoms. The van der Waals surface area contributed by atoms with Crippen molar-refractivity contribution in [3.05, 3.63) is 36.4 Å². The van der Waals surface area contributed by atoms with E-state index in [1.807, 2.05) is 12.1 Å². The second-order valence-electron chi connectivity index (χ2n) is 3.89. The first kappa shape index (κ1) is 11.8. The van der Waals surface area contributed by atoms with Crippen LogP contribution in [0.5, 0.6) is 11.5 Å². The Labute approximate surface area is 114 Å². The Kier molecular flexibility index (Phi) is 3.14. The van der Waals surface area contributed by atoms with Gasteiger partial charge in [-0.15, -0.1) is 0 Å². The first-order valence-corrected chi connectivity index (χ1v) is 7.68. The van der Waals surface area contributed by atoms with Crippen LogP contribution in [0.4, 0.5) is 0 Å². The van der Waals surface area contributed by atoms with E-state index < -0.39 is 0 Å². The molecule has 0 saturated heterocycles. The van der Waals surface area contributed by atoms with E-state index in [1.54, 1.807) is 35.8 Å². The highest BCUT2D eigenvalue weighted by molar-refractivity contribution is 8.76. The minimum atomic E-state index is 0.884. The van der Waals surface area contributed by atoms with Crippen molar-refractivity contribution in [2.45, 2.75) is 9.79 Å². The van der Waals surface area contributed by atoms with Crippen molar-refractivity contribution in [1.82, 2.24) is 0 Å². The summed E-state index contributed by atoms with van der Waals surface area (Å²) in [7, 11) is 6.96. The molecule has 1 aliphatic rings. The van der Waals surface area contributed by atoms with Crippen LogP contribution in [0.3, 0.4) is 0 Å². The minimum absolute atomic E-state index is 0.884. The highest BCUT2D eigenvalue weighted by atomic mass is 33.1.